The zero-order valence-electron chi connectivity index (χ0n) is 14.5. The van der Waals surface area contributed by atoms with E-state index in [9.17, 15) is 19.2 Å². The summed E-state index contributed by atoms with van der Waals surface area (Å²) in [6, 6.07) is 0. The molecule has 2 heterocycles. The van der Waals surface area contributed by atoms with Gasteiger partial charge in [-0.25, -0.2) is 0 Å². The van der Waals surface area contributed by atoms with Crippen molar-refractivity contribution in [3.05, 3.63) is 25.3 Å². The van der Waals surface area contributed by atoms with Gasteiger partial charge in [0, 0.05) is 30.5 Å². The van der Waals surface area contributed by atoms with Crippen LogP contribution in [0.5, 0.6) is 0 Å². The number of halogens is 1. The van der Waals surface area contributed by atoms with E-state index >= 15 is 0 Å². The second-order valence-corrected chi connectivity index (χ2v) is 6.40. The maximum absolute atomic E-state index is 11.1. The summed E-state index contributed by atoms with van der Waals surface area (Å²) in [6.07, 6.45) is 9.29. The second-order valence-electron chi connectivity index (χ2n) is 5.61. The fourth-order valence-corrected chi connectivity index (χ4v) is 2.42. The predicted octanol–water partition coefficient (Wildman–Crippen LogP) is 2.78. The van der Waals surface area contributed by atoms with Gasteiger partial charge in [0.1, 0.15) is 0 Å². The van der Waals surface area contributed by atoms with Crippen LogP contribution in [0.15, 0.2) is 25.3 Å². The average molecular weight is 415 g/mol. The Balaban J connectivity index is 0.000000382. The van der Waals surface area contributed by atoms with Gasteiger partial charge in [-0.3, -0.25) is 29.8 Å². The Bertz CT molecular complexity index is 475. The fraction of sp³-hybridized carbons (Fsp3) is 0.556. The monoisotopic (exact) mass is 414 g/mol. The van der Waals surface area contributed by atoms with E-state index < -0.39 is 0 Å². The molecule has 0 aromatic rings. The van der Waals surface area contributed by atoms with Crippen molar-refractivity contribution in [1.82, 2.24) is 10.6 Å². The highest BCUT2D eigenvalue weighted by Crippen LogP contribution is 2.17. The number of carbonyl (C=O) groups is 4. The van der Waals surface area contributed by atoms with Crippen LogP contribution in [0.3, 0.4) is 0 Å². The number of allylic oxidation sites excluding steroid dienone is 2. The zero-order valence-corrected chi connectivity index (χ0v) is 16.1. The van der Waals surface area contributed by atoms with Crippen LogP contribution in [-0.2, 0) is 19.2 Å². The van der Waals surface area contributed by atoms with Crippen molar-refractivity contribution in [3.63, 3.8) is 0 Å². The molecule has 140 valence electrons. The molecule has 6 nitrogen and oxygen atoms in total. The van der Waals surface area contributed by atoms with Crippen LogP contribution in [0.2, 0.25) is 0 Å². The first-order valence-corrected chi connectivity index (χ1v) is 9.50. The molecule has 2 aliphatic rings. The number of hydrogen-bond acceptors (Lipinski definition) is 4. The smallest absolute Gasteiger partial charge is 0.229 e. The molecule has 0 aromatic heterocycles. The molecule has 2 fully saturated rings. The molecule has 0 spiro atoms. The van der Waals surface area contributed by atoms with Crippen LogP contribution in [0, 0.1) is 5.92 Å². The minimum absolute atomic E-state index is 0.0145. The Labute approximate surface area is 157 Å². The number of nitrogens with one attached hydrogen (secondary N) is 2. The van der Waals surface area contributed by atoms with Gasteiger partial charge in [0.15, 0.2) is 0 Å². The molecular formula is C18H27BrN2O4. The molecular weight excluding hydrogens is 388 g/mol. The molecule has 2 aliphatic heterocycles. The first-order chi connectivity index (χ1) is 11.9. The van der Waals surface area contributed by atoms with E-state index in [1.54, 1.807) is 6.08 Å². The molecule has 0 bridgehead atoms. The lowest BCUT2D eigenvalue weighted by atomic mass is 9.93. The van der Waals surface area contributed by atoms with Crippen LogP contribution in [0.4, 0.5) is 0 Å². The first-order valence-electron chi connectivity index (χ1n) is 8.38. The number of rotatable bonds is 5. The predicted molar refractivity (Wildman–Crippen MR) is 101 cm³/mol. The van der Waals surface area contributed by atoms with Crippen LogP contribution in [0.1, 0.15) is 51.4 Å². The molecule has 2 saturated heterocycles. The molecule has 25 heavy (non-hydrogen) atoms. The third-order valence-electron chi connectivity index (χ3n) is 3.47. The minimum Gasteiger partial charge on any atom is -0.296 e. The van der Waals surface area contributed by atoms with Crippen molar-refractivity contribution in [2.45, 2.75) is 51.4 Å². The number of piperidine rings is 2. The first kappa shape index (κ1) is 23.2. The van der Waals surface area contributed by atoms with E-state index in [-0.39, 0.29) is 29.5 Å². The van der Waals surface area contributed by atoms with Crippen LogP contribution >= 0.6 is 15.9 Å². The molecule has 1 atom stereocenters. The number of alkyl halides is 1. The van der Waals surface area contributed by atoms with Gasteiger partial charge < -0.3 is 0 Å². The van der Waals surface area contributed by atoms with Crippen LogP contribution < -0.4 is 10.6 Å². The highest BCUT2D eigenvalue weighted by molar-refractivity contribution is 9.09. The third kappa shape index (κ3) is 12.3. The summed E-state index contributed by atoms with van der Waals surface area (Å²) in [7, 11) is 0. The molecule has 2 N–H and O–H groups in total. The van der Waals surface area contributed by atoms with E-state index in [2.05, 4.69) is 39.7 Å². The number of hydrogen-bond donors (Lipinski definition) is 2. The van der Waals surface area contributed by atoms with Crippen molar-refractivity contribution in [1.29, 1.82) is 0 Å². The number of amides is 4. The molecule has 2 rings (SSSR count). The summed E-state index contributed by atoms with van der Waals surface area (Å²) >= 11 is 3.24. The van der Waals surface area contributed by atoms with E-state index in [0.29, 0.717) is 32.1 Å². The van der Waals surface area contributed by atoms with Gasteiger partial charge in [0.2, 0.25) is 23.6 Å². The highest BCUT2D eigenvalue weighted by Gasteiger charge is 2.25. The van der Waals surface area contributed by atoms with Crippen molar-refractivity contribution in [3.8, 4) is 0 Å². The quantitative estimate of drug-likeness (QED) is 0.410. The zero-order chi connectivity index (χ0) is 19.1. The normalized spacial score (nSPS) is 19.3. The summed E-state index contributed by atoms with van der Waals surface area (Å²) in [6.45, 7) is 7.11. The SMILES string of the molecule is C=CCCBr.C=CCCC1CCC(=O)NC1=O.O=C1CCCC(=O)N1. The third-order valence-corrected chi connectivity index (χ3v) is 3.93. The maximum atomic E-state index is 11.1. The van der Waals surface area contributed by atoms with Crippen molar-refractivity contribution < 1.29 is 19.2 Å². The molecule has 0 aliphatic carbocycles. The Morgan fingerprint density at radius 3 is 1.84 bits per heavy atom. The Morgan fingerprint density at radius 1 is 0.920 bits per heavy atom. The summed E-state index contributed by atoms with van der Waals surface area (Å²) in [5, 5.41) is 5.57. The van der Waals surface area contributed by atoms with Crippen LogP contribution in [-0.4, -0.2) is 29.0 Å². The Kier molecular flexibility index (Phi) is 13.5. The van der Waals surface area contributed by atoms with Gasteiger partial charge in [-0.1, -0.05) is 28.1 Å². The summed E-state index contributed by atoms with van der Waals surface area (Å²) < 4.78 is 0. The van der Waals surface area contributed by atoms with Crippen molar-refractivity contribution in [2.24, 2.45) is 5.92 Å². The van der Waals surface area contributed by atoms with Gasteiger partial charge in [-0.05, 0) is 32.1 Å². The topological polar surface area (TPSA) is 92.3 Å². The van der Waals surface area contributed by atoms with Gasteiger partial charge in [0.25, 0.3) is 0 Å². The highest BCUT2D eigenvalue weighted by atomic mass is 79.9. The largest absolute Gasteiger partial charge is 0.296 e. The minimum atomic E-state index is -0.144. The van der Waals surface area contributed by atoms with Gasteiger partial charge in [-0.2, -0.15) is 0 Å². The van der Waals surface area contributed by atoms with Gasteiger partial charge >= 0.3 is 0 Å². The molecule has 0 aromatic carbocycles. The van der Waals surface area contributed by atoms with E-state index in [0.717, 1.165) is 24.6 Å². The lowest BCUT2D eigenvalue weighted by molar-refractivity contribution is -0.137. The van der Waals surface area contributed by atoms with Crippen LogP contribution in [0.25, 0.3) is 0 Å². The lowest BCUT2D eigenvalue weighted by Crippen LogP contribution is -2.40. The standard InChI is InChI=1S/C9H13NO2.C5H7NO2.C4H7Br/c1-2-3-4-7-5-6-8(11)10-9(7)12;7-4-2-1-3-5(8)6-4;1-2-3-4-5/h2,7H,1,3-6H2,(H,10,11,12);1-3H2,(H,6,7,8);2H,1,3-4H2. The summed E-state index contributed by atoms with van der Waals surface area (Å²) in [4.78, 5) is 42.6. The van der Waals surface area contributed by atoms with E-state index in [1.165, 1.54) is 0 Å². The molecule has 0 radical (unpaired) electrons. The van der Waals surface area contributed by atoms with Crippen molar-refractivity contribution in [2.75, 3.05) is 5.33 Å². The fourth-order valence-electron chi connectivity index (χ4n) is 2.10. The summed E-state index contributed by atoms with van der Waals surface area (Å²) in [5.41, 5.74) is 0. The van der Waals surface area contributed by atoms with E-state index in [1.807, 2.05) is 6.08 Å². The second kappa shape index (κ2) is 14.6. The molecule has 1 unspecified atom stereocenters. The van der Waals surface area contributed by atoms with Gasteiger partial charge in [-0.15, -0.1) is 13.2 Å². The summed E-state index contributed by atoms with van der Waals surface area (Å²) in [5.74, 6) is -0.522. The average Bonchev–Trinajstić information content (AvgIpc) is 2.56. The van der Waals surface area contributed by atoms with Gasteiger partial charge in [0.05, 0.1) is 0 Å². The Morgan fingerprint density at radius 2 is 1.48 bits per heavy atom. The van der Waals surface area contributed by atoms with E-state index in [4.69, 9.17) is 0 Å². The number of carbonyl (C=O) groups excluding carboxylic acids is 4. The number of imide groups is 2. The molecule has 7 heteroatoms. The molecule has 0 saturated carbocycles. The Hall–Kier alpha value is -1.76. The lowest BCUT2D eigenvalue weighted by Gasteiger charge is -2.19. The molecule has 4 amide bonds. The maximum Gasteiger partial charge on any atom is 0.229 e. The van der Waals surface area contributed by atoms with Crippen molar-refractivity contribution >= 4 is 39.6 Å².